The molecule has 39 heavy (non-hydrogen) atoms. The van der Waals surface area contributed by atoms with Crippen LogP contribution in [0.3, 0.4) is 0 Å². The highest BCUT2D eigenvalue weighted by atomic mass is 35.5. The molecule has 0 aliphatic heterocycles. The number of halogens is 3. The molecule has 9 heteroatoms. The molecule has 4 rings (SSSR count). The van der Waals surface area contributed by atoms with Crippen molar-refractivity contribution in [2.24, 2.45) is 17.3 Å². The van der Waals surface area contributed by atoms with Crippen LogP contribution in [0.15, 0.2) is 18.2 Å². The van der Waals surface area contributed by atoms with Crippen LogP contribution in [-0.4, -0.2) is 37.5 Å². The summed E-state index contributed by atoms with van der Waals surface area (Å²) in [5.74, 6) is -2.68. The Bertz CT molecular complexity index is 1220. The van der Waals surface area contributed by atoms with E-state index in [-0.39, 0.29) is 49.2 Å². The van der Waals surface area contributed by atoms with E-state index < -0.39 is 23.9 Å². The van der Waals surface area contributed by atoms with Gasteiger partial charge in [0.05, 0.1) is 0 Å². The number of nitrogens with zero attached hydrogens (tertiary/aromatic N) is 3. The summed E-state index contributed by atoms with van der Waals surface area (Å²) in [6, 6.07) is 4.43. The number of aryl methyl sites for hydroxylation is 1. The second kappa shape index (κ2) is 11.3. The largest absolute Gasteiger partial charge is 0.481 e. The molecule has 6 nitrogen and oxygen atoms in total. The van der Waals surface area contributed by atoms with Gasteiger partial charge in [0.15, 0.2) is 0 Å². The third-order valence-corrected chi connectivity index (χ3v) is 9.33. The molecule has 1 aromatic heterocycles. The summed E-state index contributed by atoms with van der Waals surface area (Å²) in [4.78, 5) is 24.6. The minimum Gasteiger partial charge on any atom is -0.481 e. The summed E-state index contributed by atoms with van der Waals surface area (Å²) in [7, 11) is 0. The fraction of sp³-hybridized carbons (Fsp3) is 0.667. The lowest BCUT2D eigenvalue weighted by Gasteiger charge is -2.41. The monoisotopic (exact) mass is 563 g/mol. The lowest BCUT2D eigenvalue weighted by atomic mass is 9.65. The summed E-state index contributed by atoms with van der Waals surface area (Å²) >= 11 is 6.33. The van der Waals surface area contributed by atoms with E-state index in [4.69, 9.17) is 11.6 Å². The Balaban J connectivity index is 1.56. The fourth-order valence-corrected chi connectivity index (χ4v) is 6.04. The van der Waals surface area contributed by atoms with Gasteiger partial charge in [0, 0.05) is 42.5 Å². The molecule has 1 heterocycles. The maximum atomic E-state index is 14.4. The zero-order chi connectivity index (χ0) is 28.7. The lowest BCUT2D eigenvalue weighted by Crippen LogP contribution is -2.31. The molecule has 2 aromatic rings. The molecular weight excluding hydrogens is 524 g/mol. The number of hydrogen-bond acceptors (Lipinski definition) is 4. The van der Waals surface area contributed by atoms with Crippen molar-refractivity contribution >= 4 is 23.4 Å². The van der Waals surface area contributed by atoms with E-state index in [1.54, 1.807) is 16.7 Å². The van der Waals surface area contributed by atoms with Gasteiger partial charge in [0.25, 0.3) is 5.92 Å². The van der Waals surface area contributed by atoms with Crippen molar-refractivity contribution in [2.75, 3.05) is 0 Å². The second-order valence-corrected chi connectivity index (χ2v) is 13.2. The van der Waals surface area contributed by atoms with Crippen molar-refractivity contribution < 1.29 is 23.5 Å². The van der Waals surface area contributed by atoms with E-state index >= 15 is 0 Å². The molecule has 0 bridgehead atoms. The number of hydrogen-bond donors (Lipinski definition) is 1. The van der Waals surface area contributed by atoms with Crippen LogP contribution < -0.4 is 0 Å². The van der Waals surface area contributed by atoms with E-state index in [2.05, 4.69) is 37.9 Å². The Kier molecular flexibility index (Phi) is 8.56. The molecule has 2 atom stereocenters. The minimum absolute atomic E-state index is 0.0101. The van der Waals surface area contributed by atoms with Crippen LogP contribution in [0.1, 0.15) is 113 Å². The Morgan fingerprint density at radius 3 is 2.46 bits per heavy atom. The first-order valence-electron chi connectivity index (χ1n) is 14.0. The number of carbonyl (C=O) groups excluding carboxylic acids is 1. The molecule has 214 valence electrons. The zero-order valence-electron chi connectivity index (χ0n) is 23.5. The van der Waals surface area contributed by atoms with E-state index in [1.165, 1.54) is 0 Å². The summed E-state index contributed by atoms with van der Waals surface area (Å²) in [6.45, 7) is 10.9. The number of benzene rings is 1. The molecule has 1 unspecified atom stereocenters. The molecule has 0 radical (unpaired) electrons. The number of aromatic nitrogens is 3. The van der Waals surface area contributed by atoms with Gasteiger partial charge in [0.1, 0.15) is 23.5 Å². The Labute approximate surface area is 234 Å². The predicted octanol–water partition coefficient (Wildman–Crippen LogP) is 7.54. The van der Waals surface area contributed by atoms with Gasteiger partial charge in [-0.1, -0.05) is 51.4 Å². The number of carbonyl (C=O) groups is 2. The van der Waals surface area contributed by atoms with Gasteiger partial charge < -0.3 is 9.67 Å². The first-order valence-corrected chi connectivity index (χ1v) is 14.4. The van der Waals surface area contributed by atoms with Crippen LogP contribution in [0.5, 0.6) is 0 Å². The number of carboxylic acids is 1. The van der Waals surface area contributed by atoms with Gasteiger partial charge in [-0.05, 0) is 67.1 Å². The highest BCUT2D eigenvalue weighted by Crippen LogP contribution is 2.56. The molecule has 2 aliphatic rings. The third kappa shape index (κ3) is 6.87. The van der Waals surface area contributed by atoms with Crippen molar-refractivity contribution in [3.05, 3.63) is 46.0 Å². The highest BCUT2D eigenvalue weighted by molar-refractivity contribution is 6.31. The molecular formula is C30H40ClF2N3O3. The first kappa shape index (κ1) is 29.6. The minimum atomic E-state index is -2.86. The van der Waals surface area contributed by atoms with Gasteiger partial charge in [-0.15, -0.1) is 10.2 Å². The normalized spacial score (nSPS) is 22.9. The number of rotatable bonds is 13. The van der Waals surface area contributed by atoms with E-state index in [0.717, 1.165) is 24.8 Å². The Morgan fingerprint density at radius 2 is 1.90 bits per heavy atom. The van der Waals surface area contributed by atoms with Crippen LogP contribution in [0, 0.1) is 24.2 Å². The molecule has 2 fully saturated rings. The van der Waals surface area contributed by atoms with E-state index in [9.17, 15) is 23.5 Å². The summed E-state index contributed by atoms with van der Waals surface area (Å²) in [5, 5.41) is 18.6. The van der Waals surface area contributed by atoms with Crippen LogP contribution in [0.2, 0.25) is 5.02 Å². The standard InChI is InChI=1S/C30H40ClF2N3O3/c1-17(2)29(4,5)15-19-11-22(12-19)28-35-34-27(36(28)25-16-30(25,32)33)21(8-9-26(38)39)14-23(37)13-20-7-6-18(3)10-24(20)31/h6-7,10,17,19,21-22,25H,8-9,11-16H2,1-5H3,(H,38,39)/t19?,21-,22?,25?/m0/s1. The van der Waals surface area contributed by atoms with Gasteiger partial charge in [-0.2, -0.15) is 0 Å². The quantitative estimate of drug-likeness (QED) is 0.272. The summed E-state index contributed by atoms with van der Waals surface area (Å²) in [6.07, 6.45) is 2.52. The molecule has 2 saturated carbocycles. The highest BCUT2D eigenvalue weighted by Gasteiger charge is 2.60. The smallest absolute Gasteiger partial charge is 0.303 e. The zero-order valence-corrected chi connectivity index (χ0v) is 24.3. The van der Waals surface area contributed by atoms with Crippen molar-refractivity contribution in [3.8, 4) is 0 Å². The van der Waals surface area contributed by atoms with Crippen LogP contribution in [-0.2, 0) is 16.0 Å². The van der Waals surface area contributed by atoms with Crippen molar-refractivity contribution in [3.63, 3.8) is 0 Å². The maximum Gasteiger partial charge on any atom is 0.303 e. The van der Waals surface area contributed by atoms with Crippen molar-refractivity contribution in [1.82, 2.24) is 14.8 Å². The van der Waals surface area contributed by atoms with Crippen molar-refractivity contribution in [1.29, 1.82) is 0 Å². The van der Waals surface area contributed by atoms with E-state index in [1.807, 2.05) is 13.0 Å². The second-order valence-electron chi connectivity index (χ2n) is 12.8. The lowest BCUT2D eigenvalue weighted by molar-refractivity contribution is -0.137. The van der Waals surface area contributed by atoms with E-state index in [0.29, 0.717) is 34.1 Å². The number of Topliss-reactive ketones (excluding diaryl/α,β-unsaturated/α-hetero) is 1. The van der Waals surface area contributed by atoms with Gasteiger partial charge in [-0.3, -0.25) is 9.59 Å². The number of alkyl halides is 2. The first-order chi connectivity index (χ1) is 18.2. The van der Waals surface area contributed by atoms with Crippen LogP contribution >= 0.6 is 11.6 Å². The number of carboxylic acid groups (broad SMARTS) is 1. The fourth-order valence-electron chi connectivity index (χ4n) is 5.74. The van der Waals surface area contributed by atoms with Gasteiger partial charge >= 0.3 is 5.97 Å². The third-order valence-electron chi connectivity index (χ3n) is 8.97. The average molecular weight is 564 g/mol. The topological polar surface area (TPSA) is 85.1 Å². The molecule has 0 amide bonds. The summed E-state index contributed by atoms with van der Waals surface area (Å²) < 4.78 is 30.5. The number of aliphatic carboxylic acids is 1. The number of ketones is 1. The van der Waals surface area contributed by atoms with Crippen LogP contribution in [0.4, 0.5) is 8.78 Å². The summed E-state index contributed by atoms with van der Waals surface area (Å²) in [5.41, 5.74) is 1.86. The molecule has 1 N–H and O–H groups in total. The molecule has 0 spiro atoms. The maximum absolute atomic E-state index is 14.4. The predicted molar refractivity (Wildman–Crippen MR) is 146 cm³/mol. The SMILES string of the molecule is Cc1ccc(CC(=O)C[C@H](CCC(=O)O)c2nnc(C3CC(CC(C)(C)C(C)C)C3)n2C2CC2(F)F)c(Cl)c1. The average Bonchev–Trinajstić information content (AvgIpc) is 3.22. The van der Waals surface area contributed by atoms with Gasteiger partial charge in [-0.25, -0.2) is 8.78 Å². The van der Waals surface area contributed by atoms with Crippen LogP contribution in [0.25, 0.3) is 0 Å². The molecule has 2 aliphatic carbocycles. The Hall–Kier alpha value is -2.35. The Morgan fingerprint density at radius 1 is 1.23 bits per heavy atom. The van der Waals surface area contributed by atoms with Crippen molar-refractivity contribution in [2.45, 2.75) is 110 Å². The van der Waals surface area contributed by atoms with Gasteiger partial charge in [0.2, 0.25) is 0 Å². The molecule has 1 aromatic carbocycles. The molecule has 0 saturated heterocycles.